The molecular weight excluding hydrogens is 363 g/mol. The Morgan fingerprint density at radius 1 is 1.04 bits per heavy atom. The van der Waals surface area contributed by atoms with Gasteiger partial charge in [-0.25, -0.2) is 9.18 Å². The molecule has 6 nitrogen and oxygen atoms in total. The number of halogens is 1. The molecule has 0 spiro atoms. The molecule has 2 aromatic rings. The van der Waals surface area contributed by atoms with Gasteiger partial charge in [-0.1, -0.05) is 30.3 Å². The Balaban J connectivity index is 1.42. The third-order valence-electron chi connectivity index (χ3n) is 4.48. The molecule has 3 rings (SSSR count). The summed E-state index contributed by atoms with van der Waals surface area (Å²) in [5, 5.41) is 5.55. The van der Waals surface area contributed by atoms with E-state index in [4.69, 9.17) is 9.47 Å². The summed E-state index contributed by atoms with van der Waals surface area (Å²) in [5.74, 6) is -0.798. The first-order valence-electron chi connectivity index (χ1n) is 9.29. The molecule has 0 aliphatic heterocycles. The molecule has 0 aromatic heterocycles. The maximum Gasteiger partial charge on any atom is 0.411 e. The molecule has 0 radical (unpaired) electrons. The third kappa shape index (κ3) is 5.97. The Kier molecular flexibility index (Phi) is 6.84. The summed E-state index contributed by atoms with van der Waals surface area (Å²) in [5.41, 5.74) is 0.665. The molecular formula is C21H23FN2O4. The topological polar surface area (TPSA) is 76.7 Å². The van der Waals surface area contributed by atoms with Gasteiger partial charge in [0.05, 0.1) is 0 Å². The minimum absolute atomic E-state index is 0.0417. The van der Waals surface area contributed by atoms with Crippen LogP contribution in [0, 0.1) is 5.82 Å². The van der Waals surface area contributed by atoms with Gasteiger partial charge in [0.1, 0.15) is 6.10 Å². The van der Waals surface area contributed by atoms with Crippen LogP contribution in [0.3, 0.4) is 0 Å². The van der Waals surface area contributed by atoms with E-state index < -0.39 is 11.9 Å². The van der Waals surface area contributed by atoms with E-state index in [1.54, 1.807) is 24.3 Å². The van der Waals surface area contributed by atoms with Gasteiger partial charge in [0.2, 0.25) is 0 Å². The lowest BCUT2D eigenvalue weighted by Crippen LogP contribution is -2.43. The number of benzene rings is 2. The van der Waals surface area contributed by atoms with Crippen molar-refractivity contribution in [3.8, 4) is 5.75 Å². The van der Waals surface area contributed by atoms with Crippen molar-refractivity contribution in [3.05, 3.63) is 60.4 Å². The predicted octanol–water partition coefficient (Wildman–Crippen LogP) is 3.88. The van der Waals surface area contributed by atoms with Gasteiger partial charge >= 0.3 is 6.09 Å². The van der Waals surface area contributed by atoms with Crippen LogP contribution in [0.1, 0.15) is 25.7 Å². The number of carbonyl (C=O) groups excluding carboxylic acids is 2. The van der Waals surface area contributed by atoms with Gasteiger partial charge in [-0.05, 0) is 43.5 Å². The minimum atomic E-state index is -0.508. The molecule has 1 aliphatic carbocycles. The number of carbonyl (C=O) groups is 2. The second-order valence-electron chi connectivity index (χ2n) is 6.67. The molecule has 0 saturated heterocycles. The first-order valence-corrected chi connectivity index (χ1v) is 9.29. The largest absolute Gasteiger partial charge is 0.481 e. The number of rotatable bonds is 6. The fourth-order valence-corrected chi connectivity index (χ4v) is 3.18. The standard InChI is InChI=1S/C21H23FN2O4/c22-18-11-4-5-12-19(18)27-14-20(25)23-16-9-6-10-17(13-16)28-21(26)24-15-7-2-1-3-8-15/h1-5,7-8,11-12,16-17H,6,9-10,13-14H2,(H,23,25)(H,24,26). The lowest BCUT2D eigenvalue weighted by Gasteiger charge is -2.29. The van der Waals surface area contributed by atoms with E-state index in [0.717, 1.165) is 19.3 Å². The number of amides is 2. The maximum atomic E-state index is 13.5. The summed E-state index contributed by atoms with van der Waals surface area (Å²) in [6, 6.07) is 14.9. The number of para-hydroxylation sites is 2. The summed E-state index contributed by atoms with van der Waals surface area (Å²) in [4.78, 5) is 24.1. The lowest BCUT2D eigenvalue weighted by atomic mass is 9.93. The SMILES string of the molecule is O=C(COc1ccccc1F)NC1CCCC(OC(=O)Nc2ccccc2)C1. The second-order valence-corrected chi connectivity index (χ2v) is 6.67. The van der Waals surface area contributed by atoms with Crippen LogP contribution in [0.25, 0.3) is 0 Å². The van der Waals surface area contributed by atoms with Gasteiger partial charge in [0.25, 0.3) is 5.91 Å². The van der Waals surface area contributed by atoms with E-state index in [1.807, 2.05) is 18.2 Å². The Morgan fingerprint density at radius 3 is 2.57 bits per heavy atom. The first kappa shape index (κ1) is 19.7. The molecule has 0 bridgehead atoms. The third-order valence-corrected chi connectivity index (χ3v) is 4.48. The molecule has 2 amide bonds. The van der Waals surface area contributed by atoms with E-state index in [-0.39, 0.29) is 30.4 Å². The van der Waals surface area contributed by atoms with Crippen LogP contribution in [0.4, 0.5) is 14.9 Å². The predicted molar refractivity (Wildman–Crippen MR) is 103 cm³/mol. The Bertz CT molecular complexity index is 800. The highest BCUT2D eigenvalue weighted by Gasteiger charge is 2.26. The zero-order valence-corrected chi connectivity index (χ0v) is 15.4. The van der Waals surface area contributed by atoms with E-state index >= 15 is 0 Å². The van der Waals surface area contributed by atoms with Crippen molar-refractivity contribution in [2.75, 3.05) is 11.9 Å². The first-order chi connectivity index (χ1) is 13.6. The smallest absolute Gasteiger partial charge is 0.411 e. The van der Waals surface area contributed by atoms with Gasteiger partial charge in [0.15, 0.2) is 18.2 Å². The van der Waals surface area contributed by atoms with Crippen LogP contribution in [-0.2, 0) is 9.53 Å². The highest BCUT2D eigenvalue weighted by atomic mass is 19.1. The molecule has 2 aromatic carbocycles. The van der Waals surface area contributed by atoms with Crippen LogP contribution in [-0.4, -0.2) is 30.8 Å². The van der Waals surface area contributed by atoms with Gasteiger partial charge in [-0.3, -0.25) is 10.1 Å². The maximum absolute atomic E-state index is 13.5. The Labute approximate surface area is 163 Å². The van der Waals surface area contributed by atoms with Crippen molar-refractivity contribution in [1.82, 2.24) is 5.32 Å². The fourth-order valence-electron chi connectivity index (χ4n) is 3.18. The second kappa shape index (κ2) is 9.73. The molecule has 148 valence electrons. The summed E-state index contributed by atoms with van der Waals surface area (Å²) < 4.78 is 24.2. The number of hydrogen-bond acceptors (Lipinski definition) is 4. The van der Waals surface area contributed by atoms with E-state index in [9.17, 15) is 14.0 Å². The number of anilines is 1. The Morgan fingerprint density at radius 2 is 1.79 bits per heavy atom. The van der Waals surface area contributed by atoms with Gasteiger partial charge in [-0.2, -0.15) is 0 Å². The molecule has 0 heterocycles. The highest BCUT2D eigenvalue weighted by molar-refractivity contribution is 5.84. The molecule has 28 heavy (non-hydrogen) atoms. The fraction of sp³-hybridized carbons (Fsp3) is 0.333. The van der Waals surface area contributed by atoms with E-state index in [1.165, 1.54) is 12.1 Å². The van der Waals surface area contributed by atoms with Gasteiger partial charge < -0.3 is 14.8 Å². The van der Waals surface area contributed by atoms with Crippen molar-refractivity contribution in [1.29, 1.82) is 0 Å². The van der Waals surface area contributed by atoms with Crippen LogP contribution in [0.2, 0.25) is 0 Å². The van der Waals surface area contributed by atoms with Gasteiger partial charge in [0, 0.05) is 18.2 Å². The summed E-state index contributed by atoms with van der Waals surface area (Å²) in [6.07, 6.45) is 2.14. The molecule has 2 unspecified atom stereocenters. The molecule has 1 aliphatic rings. The van der Waals surface area contributed by atoms with Crippen molar-refractivity contribution in [2.45, 2.75) is 37.8 Å². The van der Waals surface area contributed by atoms with Crippen LogP contribution in [0.5, 0.6) is 5.75 Å². The zero-order chi connectivity index (χ0) is 19.8. The van der Waals surface area contributed by atoms with E-state index in [0.29, 0.717) is 12.1 Å². The van der Waals surface area contributed by atoms with Crippen molar-refractivity contribution in [2.24, 2.45) is 0 Å². The quantitative estimate of drug-likeness (QED) is 0.790. The lowest BCUT2D eigenvalue weighted by molar-refractivity contribution is -0.124. The normalized spacial score (nSPS) is 18.8. The Hall–Kier alpha value is -3.09. The van der Waals surface area contributed by atoms with Crippen molar-refractivity contribution in [3.63, 3.8) is 0 Å². The number of ether oxygens (including phenoxy) is 2. The van der Waals surface area contributed by atoms with E-state index in [2.05, 4.69) is 10.6 Å². The average molecular weight is 386 g/mol. The van der Waals surface area contributed by atoms with Crippen molar-refractivity contribution >= 4 is 17.7 Å². The average Bonchev–Trinajstić information content (AvgIpc) is 2.68. The van der Waals surface area contributed by atoms with Crippen molar-refractivity contribution < 1.29 is 23.5 Å². The molecule has 2 atom stereocenters. The molecule has 1 fully saturated rings. The minimum Gasteiger partial charge on any atom is -0.481 e. The number of nitrogens with one attached hydrogen (secondary N) is 2. The van der Waals surface area contributed by atoms with Crippen LogP contribution >= 0.6 is 0 Å². The number of hydrogen-bond donors (Lipinski definition) is 2. The van der Waals surface area contributed by atoms with Gasteiger partial charge in [-0.15, -0.1) is 0 Å². The summed E-state index contributed by atoms with van der Waals surface area (Å²) in [7, 11) is 0. The monoisotopic (exact) mass is 386 g/mol. The summed E-state index contributed by atoms with van der Waals surface area (Å²) >= 11 is 0. The molecule has 2 N–H and O–H groups in total. The summed E-state index contributed by atoms with van der Waals surface area (Å²) in [6.45, 7) is -0.266. The highest BCUT2D eigenvalue weighted by Crippen LogP contribution is 2.22. The van der Waals surface area contributed by atoms with Crippen LogP contribution < -0.4 is 15.4 Å². The molecule has 7 heteroatoms. The zero-order valence-electron chi connectivity index (χ0n) is 15.4. The molecule has 1 saturated carbocycles. The van der Waals surface area contributed by atoms with Crippen LogP contribution in [0.15, 0.2) is 54.6 Å².